The maximum atomic E-state index is 12.8. The van der Waals surface area contributed by atoms with Gasteiger partial charge in [0.1, 0.15) is 5.82 Å². The third-order valence-electron chi connectivity index (χ3n) is 4.65. The van der Waals surface area contributed by atoms with Crippen LogP contribution in [-0.4, -0.2) is 35.3 Å². The summed E-state index contributed by atoms with van der Waals surface area (Å²) in [6.45, 7) is 3.85. The van der Waals surface area contributed by atoms with E-state index >= 15 is 0 Å². The second-order valence-electron chi connectivity index (χ2n) is 7.30. The Morgan fingerprint density at radius 2 is 1.71 bits per heavy atom. The van der Waals surface area contributed by atoms with Crippen molar-refractivity contribution in [2.75, 3.05) is 16.3 Å². The first kappa shape index (κ1) is 20.5. The molecule has 1 amide bonds. The first-order valence-corrected chi connectivity index (χ1v) is 11.4. The molecule has 2 heterocycles. The first-order valence-electron chi connectivity index (χ1n) is 9.52. The second-order valence-corrected chi connectivity index (χ2v) is 9.05. The zero-order valence-corrected chi connectivity index (χ0v) is 18.1. The lowest BCUT2D eigenvalue weighted by atomic mass is 10.1. The molecule has 0 atom stereocenters. The summed E-state index contributed by atoms with van der Waals surface area (Å²) in [6, 6.07) is 17.7. The van der Waals surface area contributed by atoms with Gasteiger partial charge in [-0.05, 0) is 55.8 Å². The van der Waals surface area contributed by atoms with Gasteiger partial charge in [-0.2, -0.15) is 9.78 Å². The topological polar surface area (TPSA) is 106 Å². The number of pyridine rings is 1. The van der Waals surface area contributed by atoms with Gasteiger partial charge in [-0.3, -0.25) is 9.52 Å². The number of carbonyl (C=O) groups is 1. The highest BCUT2D eigenvalue weighted by molar-refractivity contribution is 7.92. The highest BCUT2D eigenvalue weighted by Gasteiger charge is 2.15. The van der Waals surface area contributed by atoms with Crippen molar-refractivity contribution in [3.05, 3.63) is 77.5 Å². The van der Waals surface area contributed by atoms with Gasteiger partial charge in [0.25, 0.3) is 5.91 Å². The Morgan fingerprint density at radius 1 is 1.00 bits per heavy atom. The van der Waals surface area contributed by atoms with Gasteiger partial charge in [0.15, 0.2) is 5.82 Å². The van der Waals surface area contributed by atoms with Gasteiger partial charge in [-0.1, -0.05) is 18.2 Å². The van der Waals surface area contributed by atoms with Crippen LogP contribution in [0.5, 0.6) is 0 Å². The molecule has 4 rings (SSSR count). The van der Waals surface area contributed by atoms with Crippen molar-refractivity contribution in [2.45, 2.75) is 13.8 Å². The lowest BCUT2D eigenvalue weighted by Crippen LogP contribution is -2.16. The number of hydrogen-bond donors (Lipinski definition) is 2. The fourth-order valence-electron chi connectivity index (χ4n) is 3.30. The molecule has 0 bridgehead atoms. The quantitative estimate of drug-likeness (QED) is 0.498. The fourth-order valence-corrected chi connectivity index (χ4v) is 3.86. The van der Waals surface area contributed by atoms with Gasteiger partial charge < -0.3 is 5.32 Å². The Hall–Kier alpha value is -3.72. The number of amides is 1. The van der Waals surface area contributed by atoms with Crippen LogP contribution in [0.3, 0.4) is 0 Å². The van der Waals surface area contributed by atoms with Crippen LogP contribution in [0.25, 0.3) is 16.7 Å². The van der Waals surface area contributed by atoms with Crippen LogP contribution in [-0.2, 0) is 10.0 Å². The zero-order chi connectivity index (χ0) is 22.2. The van der Waals surface area contributed by atoms with Crippen LogP contribution in [0.4, 0.5) is 11.5 Å². The van der Waals surface area contributed by atoms with E-state index in [1.807, 2.05) is 44.2 Å². The van der Waals surface area contributed by atoms with Gasteiger partial charge >= 0.3 is 0 Å². The molecule has 0 aliphatic rings. The average Bonchev–Trinajstić information content (AvgIpc) is 3.07. The molecule has 2 aromatic carbocycles. The molecule has 158 valence electrons. The minimum Gasteiger partial charge on any atom is -0.306 e. The number of rotatable bonds is 5. The Kier molecular flexibility index (Phi) is 5.20. The van der Waals surface area contributed by atoms with Gasteiger partial charge in [0, 0.05) is 22.7 Å². The Bertz CT molecular complexity index is 1390. The standard InChI is InChI=1S/C22H21N5O3S/c1-14-12-20(23-19-7-5-4-6-18(14)19)27-21(13-15(2)25-27)24-22(28)16-8-10-17(11-9-16)26-31(3,29)30/h4-13,26H,1-3H3,(H,24,28). The van der Waals surface area contributed by atoms with E-state index in [2.05, 4.69) is 20.1 Å². The molecule has 2 aromatic heterocycles. The number of anilines is 2. The highest BCUT2D eigenvalue weighted by Crippen LogP contribution is 2.23. The molecule has 0 aliphatic carbocycles. The summed E-state index contributed by atoms with van der Waals surface area (Å²) in [4.78, 5) is 17.5. The zero-order valence-electron chi connectivity index (χ0n) is 17.2. The number of para-hydroxylation sites is 1. The van der Waals surface area contributed by atoms with Crippen molar-refractivity contribution in [3.8, 4) is 5.82 Å². The summed E-state index contributed by atoms with van der Waals surface area (Å²) in [5, 5.41) is 8.42. The summed E-state index contributed by atoms with van der Waals surface area (Å²) in [5.41, 5.74) is 3.40. The van der Waals surface area contributed by atoms with E-state index in [-0.39, 0.29) is 5.91 Å². The molecule has 9 heteroatoms. The lowest BCUT2D eigenvalue weighted by molar-refractivity contribution is 0.102. The van der Waals surface area contributed by atoms with Crippen molar-refractivity contribution < 1.29 is 13.2 Å². The van der Waals surface area contributed by atoms with Gasteiger partial charge in [0.05, 0.1) is 17.5 Å². The van der Waals surface area contributed by atoms with Crippen molar-refractivity contribution in [1.82, 2.24) is 14.8 Å². The maximum Gasteiger partial charge on any atom is 0.256 e. The number of nitrogens with zero attached hydrogens (tertiary/aromatic N) is 3. The molecule has 8 nitrogen and oxygen atoms in total. The normalized spacial score (nSPS) is 11.5. The molecule has 0 saturated heterocycles. The summed E-state index contributed by atoms with van der Waals surface area (Å²) in [6.07, 6.45) is 1.07. The molecule has 0 spiro atoms. The smallest absolute Gasteiger partial charge is 0.256 e. The second kappa shape index (κ2) is 7.84. The Morgan fingerprint density at radius 3 is 2.42 bits per heavy atom. The van der Waals surface area contributed by atoms with Crippen LogP contribution in [0.2, 0.25) is 0 Å². The fraction of sp³-hybridized carbons (Fsp3) is 0.136. The monoisotopic (exact) mass is 435 g/mol. The van der Waals surface area contributed by atoms with Gasteiger partial charge in [-0.15, -0.1) is 0 Å². The molecular formula is C22H21N5O3S. The number of aromatic nitrogens is 3. The number of fused-ring (bicyclic) bond motifs is 1. The predicted octanol–water partition coefficient (Wildman–Crippen LogP) is 3.66. The van der Waals surface area contributed by atoms with Gasteiger partial charge in [0.2, 0.25) is 10.0 Å². The van der Waals surface area contributed by atoms with E-state index in [0.717, 1.165) is 28.4 Å². The largest absolute Gasteiger partial charge is 0.306 e. The number of hydrogen-bond acceptors (Lipinski definition) is 5. The Balaban J connectivity index is 1.63. The van der Waals surface area contributed by atoms with Crippen LogP contribution < -0.4 is 10.0 Å². The van der Waals surface area contributed by atoms with Crippen molar-refractivity contribution in [2.24, 2.45) is 0 Å². The minimum atomic E-state index is -3.38. The number of carbonyl (C=O) groups excluding carboxylic acids is 1. The van der Waals surface area contributed by atoms with Crippen LogP contribution in [0, 0.1) is 13.8 Å². The van der Waals surface area contributed by atoms with E-state index in [1.54, 1.807) is 22.9 Å². The van der Waals surface area contributed by atoms with Gasteiger partial charge in [-0.25, -0.2) is 13.4 Å². The molecule has 0 unspecified atom stereocenters. The molecule has 0 aliphatic heterocycles. The molecule has 0 fully saturated rings. The summed E-state index contributed by atoms with van der Waals surface area (Å²) < 4.78 is 26.6. The van der Waals surface area contributed by atoms with Crippen LogP contribution >= 0.6 is 0 Å². The average molecular weight is 436 g/mol. The van der Waals surface area contributed by atoms with Crippen molar-refractivity contribution in [3.63, 3.8) is 0 Å². The van der Waals surface area contributed by atoms with Crippen LogP contribution in [0.15, 0.2) is 60.7 Å². The van der Waals surface area contributed by atoms with Crippen molar-refractivity contribution >= 4 is 38.3 Å². The third-order valence-corrected chi connectivity index (χ3v) is 5.26. The molecule has 31 heavy (non-hydrogen) atoms. The van der Waals surface area contributed by atoms with E-state index in [1.165, 1.54) is 12.1 Å². The third kappa shape index (κ3) is 4.56. The number of benzene rings is 2. The summed E-state index contributed by atoms with van der Waals surface area (Å²) >= 11 is 0. The molecule has 0 saturated carbocycles. The number of aryl methyl sites for hydroxylation is 2. The van der Waals surface area contributed by atoms with E-state index < -0.39 is 10.0 Å². The van der Waals surface area contributed by atoms with Crippen molar-refractivity contribution in [1.29, 1.82) is 0 Å². The molecule has 4 aromatic rings. The molecule has 2 N–H and O–H groups in total. The number of sulfonamides is 1. The summed E-state index contributed by atoms with van der Waals surface area (Å²) in [7, 11) is -3.38. The lowest BCUT2D eigenvalue weighted by Gasteiger charge is -2.11. The number of nitrogens with one attached hydrogen (secondary N) is 2. The maximum absolute atomic E-state index is 12.8. The molecular weight excluding hydrogens is 414 g/mol. The minimum absolute atomic E-state index is 0.343. The first-order chi connectivity index (χ1) is 14.7. The van der Waals surface area contributed by atoms with E-state index in [9.17, 15) is 13.2 Å². The van der Waals surface area contributed by atoms with Crippen LogP contribution in [0.1, 0.15) is 21.6 Å². The summed E-state index contributed by atoms with van der Waals surface area (Å²) in [5.74, 6) is 0.750. The highest BCUT2D eigenvalue weighted by atomic mass is 32.2. The molecule has 0 radical (unpaired) electrons. The SMILES string of the molecule is Cc1cc(NC(=O)c2ccc(NS(C)(=O)=O)cc2)n(-c2cc(C)c3ccccc3n2)n1. The van der Waals surface area contributed by atoms with E-state index in [4.69, 9.17) is 0 Å². The van der Waals surface area contributed by atoms with E-state index in [0.29, 0.717) is 22.9 Å². The predicted molar refractivity (Wildman–Crippen MR) is 121 cm³/mol. The Labute approximate surface area is 180 Å².